The predicted octanol–water partition coefficient (Wildman–Crippen LogP) is 4.40. The first-order valence-corrected chi connectivity index (χ1v) is 8.01. The number of benzene rings is 2. The molecule has 25 heavy (non-hydrogen) atoms. The van der Waals surface area contributed by atoms with Crippen molar-refractivity contribution in [1.82, 2.24) is 4.98 Å². The van der Waals surface area contributed by atoms with E-state index in [2.05, 4.69) is 28.5 Å². The van der Waals surface area contributed by atoms with Crippen molar-refractivity contribution in [2.24, 2.45) is 5.10 Å². The average Bonchev–Trinajstić information content (AvgIpc) is 2.65. The van der Waals surface area contributed by atoms with E-state index >= 15 is 0 Å². The molecule has 5 heteroatoms. The molecule has 0 bridgehead atoms. The number of hydrogen-bond donors (Lipinski definition) is 1. The molecule has 0 saturated carbocycles. The van der Waals surface area contributed by atoms with Gasteiger partial charge in [0.15, 0.2) is 11.5 Å². The van der Waals surface area contributed by atoms with Crippen molar-refractivity contribution in [2.45, 2.75) is 13.8 Å². The Labute approximate surface area is 147 Å². The summed E-state index contributed by atoms with van der Waals surface area (Å²) in [5, 5.41) is 5.60. The molecule has 0 spiro atoms. The van der Waals surface area contributed by atoms with Crippen molar-refractivity contribution < 1.29 is 9.47 Å². The Kier molecular flexibility index (Phi) is 4.84. The number of rotatable bonds is 5. The van der Waals surface area contributed by atoms with Crippen LogP contribution in [-0.4, -0.2) is 24.9 Å². The van der Waals surface area contributed by atoms with Gasteiger partial charge in [-0.2, -0.15) is 5.10 Å². The zero-order valence-corrected chi connectivity index (χ0v) is 14.8. The third-order valence-electron chi connectivity index (χ3n) is 4.06. The van der Waals surface area contributed by atoms with E-state index in [1.54, 1.807) is 14.2 Å². The minimum Gasteiger partial charge on any atom is -0.493 e. The maximum absolute atomic E-state index is 5.34. The van der Waals surface area contributed by atoms with Crippen LogP contribution in [-0.2, 0) is 0 Å². The van der Waals surface area contributed by atoms with Crippen molar-refractivity contribution in [3.63, 3.8) is 0 Å². The second-order valence-electron chi connectivity index (χ2n) is 5.72. The van der Waals surface area contributed by atoms with Crippen LogP contribution in [0.2, 0.25) is 0 Å². The highest BCUT2D eigenvalue weighted by molar-refractivity contribution is 5.99. The summed E-state index contributed by atoms with van der Waals surface area (Å²) in [6, 6.07) is 15.8. The fraction of sp³-hybridized carbons (Fsp3) is 0.200. The molecule has 3 rings (SSSR count). The first kappa shape index (κ1) is 16.8. The third-order valence-corrected chi connectivity index (χ3v) is 4.06. The van der Waals surface area contributed by atoms with Crippen molar-refractivity contribution in [1.29, 1.82) is 0 Å². The number of nitrogens with one attached hydrogen (secondary N) is 1. The first-order valence-electron chi connectivity index (χ1n) is 8.01. The van der Waals surface area contributed by atoms with Crippen LogP contribution in [0.1, 0.15) is 18.1 Å². The number of hydrogen-bond acceptors (Lipinski definition) is 5. The molecule has 1 aromatic heterocycles. The van der Waals surface area contributed by atoms with Gasteiger partial charge in [0.05, 0.1) is 25.4 Å². The molecular weight excluding hydrogens is 314 g/mol. The lowest BCUT2D eigenvalue weighted by Crippen LogP contribution is -2.02. The van der Waals surface area contributed by atoms with Crippen LogP contribution >= 0.6 is 0 Å². The first-order chi connectivity index (χ1) is 12.1. The van der Waals surface area contributed by atoms with Crippen LogP contribution in [0, 0.1) is 6.92 Å². The number of nitrogens with zero attached hydrogens (tertiary/aromatic N) is 2. The highest BCUT2D eigenvalue weighted by Crippen LogP contribution is 2.28. The number of pyridine rings is 1. The average molecular weight is 335 g/mol. The van der Waals surface area contributed by atoms with Gasteiger partial charge in [-0.05, 0) is 49.7 Å². The van der Waals surface area contributed by atoms with E-state index < -0.39 is 0 Å². The summed E-state index contributed by atoms with van der Waals surface area (Å²) in [4.78, 5) is 4.60. The molecular formula is C20H21N3O2. The van der Waals surface area contributed by atoms with E-state index in [4.69, 9.17) is 9.47 Å². The number of fused-ring (bicyclic) bond motifs is 1. The van der Waals surface area contributed by atoms with Gasteiger partial charge in [0.25, 0.3) is 0 Å². The molecule has 0 aliphatic heterocycles. The van der Waals surface area contributed by atoms with Crippen LogP contribution in [0.25, 0.3) is 10.9 Å². The fourth-order valence-corrected chi connectivity index (χ4v) is 2.67. The summed E-state index contributed by atoms with van der Waals surface area (Å²) in [5.41, 5.74) is 6.93. The Bertz CT molecular complexity index is 935. The highest BCUT2D eigenvalue weighted by Gasteiger charge is 2.07. The smallest absolute Gasteiger partial charge is 0.161 e. The number of aromatic nitrogens is 1. The molecule has 0 aliphatic carbocycles. The SMILES string of the molecule is COc1ccc(/C(C)=N/Nc2cc(C)c3ccccc3n2)cc1OC. The van der Waals surface area contributed by atoms with E-state index in [0.717, 1.165) is 33.6 Å². The molecule has 5 nitrogen and oxygen atoms in total. The quantitative estimate of drug-likeness (QED) is 0.555. The summed E-state index contributed by atoms with van der Waals surface area (Å²) in [6.07, 6.45) is 0. The zero-order chi connectivity index (χ0) is 17.8. The van der Waals surface area contributed by atoms with Gasteiger partial charge in [0.2, 0.25) is 0 Å². The number of hydrazone groups is 1. The number of methoxy groups -OCH3 is 2. The van der Waals surface area contributed by atoms with E-state index in [9.17, 15) is 0 Å². The Morgan fingerprint density at radius 2 is 1.76 bits per heavy atom. The molecule has 0 unspecified atom stereocenters. The van der Waals surface area contributed by atoms with Gasteiger partial charge < -0.3 is 9.47 Å². The zero-order valence-electron chi connectivity index (χ0n) is 14.8. The van der Waals surface area contributed by atoms with Gasteiger partial charge >= 0.3 is 0 Å². The number of para-hydroxylation sites is 1. The Hall–Kier alpha value is -3.08. The maximum Gasteiger partial charge on any atom is 0.161 e. The normalized spacial score (nSPS) is 11.4. The summed E-state index contributed by atoms with van der Waals surface area (Å²) >= 11 is 0. The second-order valence-corrected chi connectivity index (χ2v) is 5.72. The second kappa shape index (κ2) is 7.21. The largest absolute Gasteiger partial charge is 0.493 e. The summed E-state index contributed by atoms with van der Waals surface area (Å²) in [6.45, 7) is 4.00. The molecule has 1 heterocycles. The summed E-state index contributed by atoms with van der Waals surface area (Å²) in [5.74, 6) is 2.09. The topological polar surface area (TPSA) is 55.7 Å². The lowest BCUT2D eigenvalue weighted by atomic mass is 10.1. The van der Waals surface area contributed by atoms with Gasteiger partial charge in [-0.15, -0.1) is 0 Å². The van der Waals surface area contributed by atoms with Crippen LogP contribution in [0.5, 0.6) is 11.5 Å². The predicted molar refractivity (Wildman–Crippen MR) is 102 cm³/mol. The molecule has 0 aliphatic rings. The molecule has 1 N–H and O–H groups in total. The highest BCUT2D eigenvalue weighted by atomic mass is 16.5. The lowest BCUT2D eigenvalue weighted by Gasteiger charge is -2.10. The minimum absolute atomic E-state index is 0.675. The molecule has 0 fully saturated rings. The molecule has 0 atom stereocenters. The molecule has 3 aromatic rings. The molecule has 0 amide bonds. The van der Waals surface area contributed by atoms with Crippen molar-refractivity contribution in [3.05, 3.63) is 59.7 Å². The van der Waals surface area contributed by atoms with Crippen LogP contribution in [0.3, 0.4) is 0 Å². The van der Waals surface area contributed by atoms with Crippen molar-refractivity contribution >= 4 is 22.4 Å². The minimum atomic E-state index is 0.675. The van der Waals surface area contributed by atoms with E-state index in [-0.39, 0.29) is 0 Å². The van der Waals surface area contributed by atoms with Crippen molar-refractivity contribution in [2.75, 3.05) is 19.6 Å². The van der Waals surface area contributed by atoms with E-state index in [1.165, 1.54) is 0 Å². The number of anilines is 1. The van der Waals surface area contributed by atoms with Crippen molar-refractivity contribution in [3.8, 4) is 11.5 Å². The molecule has 2 aromatic carbocycles. The molecule has 128 valence electrons. The van der Waals surface area contributed by atoms with Gasteiger partial charge in [0.1, 0.15) is 5.82 Å². The molecule has 0 radical (unpaired) electrons. The Morgan fingerprint density at radius 3 is 2.52 bits per heavy atom. The number of ether oxygens (including phenoxy) is 2. The van der Waals surface area contributed by atoms with Gasteiger partial charge in [-0.25, -0.2) is 4.98 Å². The van der Waals surface area contributed by atoms with Gasteiger partial charge in [-0.3, -0.25) is 5.43 Å². The Morgan fingerprint density at radius 1 is 1.00 bits per heavy atom. The summed E-state index contributed by atoms with van der Waals surface area (Å²) < 4.78 is 10.6. The fourth-order valence-electron chi connectivity index (χ4n) is 2.67. The van der Waals surface area contributed by atoms with E-state index in [1.807, 2.05) is 49.4 Å². The monoisotopic (exact) mass is 335 g/mol. The summed E-state index contributed by atoms with van der Waals surface area (Å²) in [7, 11) is 3.24. The van der Waals surface area contributed by atoms with Crippen LogP contribution < -0.4 is 14.9 Å². The lowest BCUT2D eigenvalue weighted by molar-refractivity contribution is 0.355. The van der Waals surface area contributed by atoms with Crippen LogP contribution in [0.4, 0.5) is 5.82 Å². The molecule has 0 saturated heterocycles. The third kappa shape index (κ3) is 3.55. The van der Waals surface area contributed by atoms with E-state index in [0.29, 0.717) is 11.5 Å². The Balaban J connectivity index is 1.86. The van der Waals surface area contributed by atoms with Gasteiger partial charge in [-0.1, -0.05) is 18.2 Å². The van der Waals surface area contributed by atoms with Gasteiger partial charge in [0, 0.05) is 10.9 Å². The van der Waals surface area contributed by atoms with Crippen LogP contribution in [0.15, 0.2) is 53.6 Å². The number of aryl methyl sites for hydroxylation is 1. The standard InChI is InChI=1S/C20H21N3O2/c1-13-11-20(21-17-8-6-5-7-16(13)17)23-22-14(2)15-9-10-18(24-3)19(12-15)25-4/h5-12H,1-4H3,(H,21,23)/b22-14+. The maximum atomic E-state index is 5.34.